The normalized spacial score (nSPS) is 10.8. The fraction of sp³-hybridized carbons (Fsp3) is 0.412. The van der Waals surface area contributed by atoms with Gasteiger partial charge >= 0.3 is 0 Å². The molecule has 0 spiro atoms. The van der Waals surface area contributed by atoms with Crippen LogP contribution < -0.4 is 15.6 Å². The number of ether oxygens (including phenoxy) is 3. The first kappa shape index (κ1) is 21.6. The molecule has 1 heterocycles. The predicted molar refractivity (Wildman–Crippen MR) is 100.0 cm³/mol. The van der Waals surface area contributed by atoms with E-state index in [0.29, 0.717) is 18.2 Å². The lowest BCUT2D eigenvalue weighted by molar-refractivity contribution is -0.145. The number of hydrogen-bond donors (Lipinski definition) is 2. The molecule has 0 bridgehead atoms. The van der Waals surface area contributed by atoms with Gasteiger partial charge in [-0.15, -0.1) is 5.10 Å². The second-order valence-electron chi connectivity index (χ2n) is 5.42. The van der Waals surface area contributed by atoms with Gasteiger partial charge in [0.25, 0.3) is 11.8 Å². The first-order valence-electron chi connectivity index (χ1n) is 8.56. The second kappa shape index (κ2) is 10.6. The average molecular weight is 412 g/mol. The molecule has 0 unspecified atom stereocenters. The number of nitrogens with zero attached hydrogens (tertiary/aromatic N) is 3. The molecule has 2 amide bonds. The molecule has 28 heavy (non-hydrogen) atoms. The van der Waals surface area contributed by atoms with Crippen LogP contribution in [-0.2, 0) is 16.0 Å². The zero-order valence-electron chi connectivity index (χ0n) is 15.8. The van der Waals surface area contributed by atoms with Crippen molar-refractivity contribution in [2.24, 2.45) is 0 Å². The van der Waals surface area contributed by atoms with E-state index >= 15 is 0 Å². The highest BCUT2D eigenvalue weighted by Crippen LogP contribution is 2.22. The molecule has 2 aromatic rings. The number of halogens is 1. The van der Waals surface area contributed by atoms with Gasteiger partial charge < -0.3 is 14.2 Å². The van der Waals surface area contributed by atoms with Gasteiger partial charge in [0.05, 0.1) is 25.4 Å². The van der Waals surface area contributed by atoms with Gasteiger partial charge in [-0.2, -0.15) is 0 Å². The van der Waals surface area contributed by atoms with Crippen molar-refractivity contribution < 1.29 is 23.8 Å². The number of hydrazine groups is 1. The van der Waals surface area contributed by atoms with Crippen molar-refractivity contribution in [2.75, 3.05) is 20.3 Å². The fourth-order valence-electron chi connectivity index (χ4n) is 2.27. The molecule has 0 aliphatic carbocycles. The number of aromatic nitrogens is 3. The monoisotopic (exact) mass is 411 g/mol. The van der Waals surface area contributed by atoms with Gasteiger partial charge in [0.1, 0.15) is 5.75 Å². The maximum atomic E-state index is 12.2. The van der Waals surface area contributed by atoms with E-state index in [1.165, 1.54) is 30.1 Å². The summed E-state index contributed by atoms with van der Waals surface area (Å²) in [5, 5.41) is 8.07. The van der Waals surface area contributed by atoms with Crippen LogP contribution in [0, 0.1) is 0 Å². The van der Waals surface area contributed by atoms with Crippen LogP contribution in [0.2, 0.25) is 5.02 Å². The standard InChI is InChI=1S/C17H22ClN5O5/c1-4-27-15(28-5-2)10-23-9-13(19-22-23)17(25)21-20-16(24)12-7-6-11(18)8-14(12)26-3/h6-9,15H,4-5,10H2,1-3H3,(H,20,24)(H,21,25). The van der Waals surface area contributed by atoms with Crippen molar-refractivity contribution in [2.45, 2.75) is 26.7 Å². The highest BCUT2D eigenvalue weighted by molar-refractivity contribution is 6.30. The maximum absolute atomic E-state index is 12.2. The fourth-order valence-corrected chi connectivity index (χ4v) is 2.43. The number of rotatable bonds is 9. The first-order valence-corrected chi connectivity index (χ1v) is 8.93. The minimum absolute atomic E-state index is 0.0233. The lowest BCUT2D eigenvalue weighted by Crippen LogP contribution is -2.41. The summed E-state index contributed by atoms with van der Waals surface area (Å²) in [5.41, 5.74) is 4.81. The average Bonchev–Trinajstić information content (AvgIpc) is 3.14. The molecule has 152 valence electrons. The van der Waals surface area contributed by atoms with Gasteiger partial charge in [-0.25, -0.2) is 4.68 Å². The number of amides is 2. The van der Waals surface area contributed by atoms with Crippen molar-refractivity contribution in [1.29, 1.82) is 0 Å². The van der Waals surface area contributed by atoms with Gasteiger partial charge in [-0.05, 0) is 32.0 Å². The number of carbonyl (C=O) groups is 2. The van der Waals surface area contributed by atoms with Gasteiger partial charge in [0, 0.05) is 18.2 Å². The van der Waals surface area contributed by atoms with E-state index in [1.54, 1.807) is 6.07 Å². The number of carbonyl (C=O) groups excluding carboxylic acids is 2. The number of hydrogen-bond acceptors (Lipinski definition) is 7. The molecule has 0 radical (unpaired) electrons. The first-order chi connectivity index (χ1) is 13.5. The van der Waals surface area contributed by atoms with Crippen LogP contribution in [0.15, 0.2) is 24.4 Å². The summed E-state index contributed by atoms with van der Waals surface area (Å²) in [6, 6.07) is 4.52. The quantitative estimate of drug-likeness (QED) is 0.473. The predicted octanol–water partition coefficient (Wildman–Crippen LogP) is 1.41. The minimum Gasteiger partial charge on any atom is -0.496 e. The molecule has 0 fully saturated rings. The van der Waals surface area contributed by atoms with Crippen LogP contribution in [0.25, 0.3) is 0 Å². The molecule has 10 nitrogen and oxygen atoms in total. The van der Waals surface area contributed by atoms with Gasteiger partial charge in [-0.1, -0.05) is 16.8 Å². The lowest BCUT2D eigenvalue weighted by atomic mass is 10.2. The molecule has 2 rings (SSSR count). The zero-order chi connectivity index (χ0) is 20.5. The molecular weight excluding hydrogens is 390 g/mol. The third-order valence-corrected chi connectivity index (χ3v) is 3.75. The third-order valence-electron chi connectivity index (χ3n) is 3.51. The molecule has 2 N–H and O–H groups in total. The summed E-state index contributed by atoms with van der Waals surface area (Å²) in [6.07, 6.45) is 0.930. The van der Waals surface area contributed by atoms with E-state index in [0.717, 1.165) is 0 Å². The molecule has 0 aliphatic heterocycles. The van der Waals surface area contributed by atoms with E-state index in [1.807, 2.05) is 13.8 Å². The van der Waals surface area contributed by atoms with Crippen molar-refractivity contribution in [3.63, 3.8) is 0 Å². The Morgan fingerprint density at radius 3 is 2.50 bits per heavy atom. The maximum Gasteiger partial charge on any atom is 0.291 e. The van der Waals surface area contributed by atoms with Crippen molar-refractivity contribution >= 4 is 23.4 Å². The minimum atomic E-state index is -0.628. The Hall–Kier alpha value is -2.69. The number of methoxy groups -OCH3 is 1. The summed E-state index contributed by atoms with van der Waals surface area (Å²) >= 11 is 5.87. The van der Waals surface area contributed by atoms with E-state index in [4.69, 9.17) is 25.8 Å². The summed E-state index contributed by atoms with van der Waals surface area (Å²) in [7, 11) is 1.41. The molecular formula is C17H22ClN5O5. The SMILES string of the molecule is CCOC(Cn1cc(C(=O)NNC(=O)c2ccc(Cl)cc2OC)nn1)OCC. The molecule has 0 atom stereocenters. The van der Waals surface area contributed by atoms with Crippen LogP contribution in [0.3, 0.4) is 0 Å². The van der Waals surface area contributed by atoms with Crippen molar-refractivity contribution in [3.8, 4) is 5.75 Å². The highest BCUT2D eigenvalue weighted by atomic mass is 35.5. The van der Waals surface area contributed by atoms with E-state index < -0.39 is 18.1 Å². The molecule has 0 saturated heterocycles. The van der Waals surface area contributed by atoms with Gasteiger partial charge in [-0.3, -0.25) is 20.4 Å². The topological polar surface area (TPSA) is 117 Å². The van der Waals surface area contributed by atoms with Crippen LogP contribution in [0.1, 0.15) is 34.7 Å². The largest absolute Gasteiger partial charge is 0.496 e. The Morgan fingerprint density at radius 1 is 1.18 bits per heavy atom. The Balaban J connectivity index is 1.95. The van der Waals surface area contributed by atoms with E-state index in [-0.39, 0.29) is 23.6 Å². The molecule has 11 heteroatoms. The number of nitrogens with one attached hydrogen (secondary N) is 2. The Morgan fingerprint density at radius 2 is 1.86 bits per heavy atom. The highest BCUT2D eigenvalue weighted by Gasteiger charge is 2.17. The smallest absolute Gasteiger partial charge is 0.291 e. The third kappa shape index (κ3) is 5.91. The molecule has 0 saturated carbocycles. The lowest BCUT2D eigenvalue weighted by Gasteiger charge is -2.16. The summed E-state index contributed by atoms with van der Waals surface area (Å²) in [4.78, 5) is 24.4. The second-order valence-corrected chi connectivity index (χ2v) is 5.86. The Labute approximate surface area is 167 Å². The van der Waals surface area contributed by atoms with Crippen LogP contribution in [0.5, 0.6) is 5.75 Å². The van der Waals surface area contributed by atoms with Crippen molar-refractivity contribution in [1.82, 2.24) is 25.8 Å². The van der Waals surface area contributed by atoms with Gasteiger partial charge in [0.15, 0.2) is 12.0 Å². The molecule has 1 aromatic carbocycles. The zero-order valence-corrected chi connectivity index (χ0v) is 16.5. The van der Waals surface area contributed by atoms with Crippen molar-refractivity contribution in [3.05, 3.63) is 40.7 Å². The van der Waals surface area contributed by atoms with E-state index in [9.17, 15) is 9.59 Å². The van der Waals surface area contributed by atoms with Crippen LogP contribution in [-0.4, -0.2) is 53.4 Å². The Bertz CT molecular complexity index is 807. The molecule has 1 aromatic heterocycles. The van der Waals surface area contributed by atoms with Crippen LogP contribution in [0.4, 0.5) is 0 Å². The summed E-state index contributed by atoms with van der Waals surface area (Å²) < 4.78 is 17.4. The van der Waals surface area contributed by atoms with E-state index in [2.05, 4.69) is 21.2 Å². The Kier molecular flexibility index (Phi) is 8.18. The number of benzene rings is 1. The van der Waals surface area contributed by atoms with Crippen LogP contribution >= 0.6 is 11.6 Å². The summed E-state index contributed by atoms with van der Waals surface area (Å²) in [5.74, 6) is -0.915. The molecule has 0 aliphatic rings. The summed E-state index contributed by atoms with van der Waals surface area (Å²) in [6.45, 7) is 4.94. The van der Waals surface area contributed by atoms with Gasteiger partial charge in [0.2, 0.25) is 0 Å².